The van der Waals surface area contributed by atoms with Gasteiger partial charge in [0.25, 0.3) is 0 Å². The smallest absolute Gasteiger partial charge is 0.138 e. The van der Waals surface area contributed by atoms with Crippen LogP contribution in [0.15, 0.2) is 30.6 Å². The Labute approximate surface area is 130 Å². The number of rotatable bonds is 6. The molecule has 1 N–H and O–H groups in total. The van der Waals surface area contributed by atoms with Crippen molar-refractivity contribution in [2.45, 2.75) is 33.2 Å². The van der Waals surface area contributed by atoms with Crippen molar-refractivity contribution in [1.29, 1.82) is 0 Å². The van der Waals surface area contributed by atoms with Crippen molar-refractivity contribution in [3.63, 3.8) is 0 Å². The summed E-state index contributed by atoms with van der Waals surface area (Å²) in [5.41, 5.74) is 2.79. The Morgan fingerprint density at radius 2 is 2.05 bits per heavy atom. The average Bonchev–Trinajstić information content (AvgIpc) is 2.47. The van der Waals surface area contributed by atoms with Crippen molar-refractivity contribution in [3.05, 3.63) is 47.0 Å². The first-order chi connectivity index (χ1) is 10.1. The maximum absolute atomic E-state index is 6.23. The van der Waals surface area contributed by atoms with E-state index in [1.807, 2.05) is 32.0 Å². The van der Waals surface area contributed by atoms with Crippen LogP contribution in [0, 0.1) is 6.92 Å². The van der Waals surface area contributed by atoms with Crippen LogP contribution in [-0.2, 0) is 0 Å². The van der Waals surface area contributed by atoms with Gasteiger partial charge in [-0.1, -0.05) is 18.5 Å². The third kappa shape index (κ3) is 4.08. The predicted molar refractivity (Wildman–Crippen MR) is 86.0 cm³/mol. The van der Waals surface area contributed by atoms with Gasteiger partial charge in [0, 0.05) is 18.1 Å². The number of halogens is 1. The molecule has 1 unspecified atom stereocenters. The topological polar surface area (TPSA) is 47.0 Å². The molecule has 1 heterocycles. The number of aromatic nitrogens is 2. The summed E-state index contributed by atoms with van der Waals surface area (Å²) in [7, 11) is 0. The molecule has 112 valence electrons. The second-order valence-electron chi connectivity index (χ2n) is 4.89. The van der Waals surface area contributed by atoms with Crippen molar-refractivity contribution in [2.24, 2.45) is 0 Å². The van der Waals surface area contributed by atoms with E-state index in [4.69, 9.17) is 16.3 Å². The lowest BCUT2D eigenvalue weighted by atomic mass is 10.1. The molecule has 5 heteroatoms. The summed E-state index contributed by atoms with van der Waals surface area (Å²) in [6, 6.07) is 5.77. The number of nitrogens with one attached hydrogen (secondary N) is 1. The normalized spacial score (nSPS) is 12.0. The number of ether oxygens (including phenoxy) is 1. The monoisotopic (exact) mass is 305 g/mol. The van der Waals surface area contributed by atoms with Crippen molar-refractivity contribution < 1.29 is 4.74 Å². The first-order valence-electron chi connectivity index (χ1n) is 7.08. The third-order valence-electron chi connectivity index (χ3n) is 3.11. The second-order valence-corrected chi connectivity index (χ2v) is 5.29. The Kier molecular flexibility index (Phi) is 5.39. The molecule has 0 aliphatic heterocycles. The van der Waals surface area contributed by atoms with Gasteiger partial charge >= 0.3 is 0 Å². The number of aryl methyl sites for hydroxylation is 1. The number of nitrogens with zero attached hydrogens (tertiary/aromatic N) is 2. The zero-order chi connectivity index (χ0) is 15.2. The maximum Gasteiger partial charge on any atom is 0.138 e. The van der Waals surface area contributed by atoms with Gasteiger partial charge in [-0.15, -0.1) is 0 Å². The zero-order valence-corrected chi connectivity index (χ0v) is 13.3. The van der Waals surface area contributed by atoms with Gasteiger partial charge in [0.1, 0.15) is 5.75 Å². The molecule has 1 atom stereocenters. The van der Waals surface area contributed by atoms with Crippen molar-refractivity contribution >= 4 is 17.3 Å². The van der Waals surface area contributed by atoms with Gasteiger partial charge in [-0.25, -0.2) is 0 Å². The fourth-order valence-electron chi connectivity index (χ4n) is 2.08. The van der Waals surface area contributed by atoms with Crippen LogP contribution in [-0.4, -0.2) is 16.6 Å². The molecule has 0 radical (unpaired) electrons. The van der Waals surface area contributed by atoms with Crippen LogP contribution >= 0.6 is 11.6 Å². The van der Waals surface area contributed by atoms with E-state index in [0.717, 1.165) is 23.5 Å². The Bertz CT molecular complexity index is 604. The van der Waals surface area contributed by atoms with Gasteiger partial charge in [-0.2, -0.15) is 0 Å². The summed E-state index contributed by atoms with van der Waals surface area (Å²) in [5, 5.41) is 3.99. The molecule has 0 spiro atoms. The highest BCUT2D eigenvalue weighted by molar-refractivity contribution is 6.32. The van der Waals surface area contributed by atoms with Gasteiger partial charge in [-0.3, -0.25) is 9.97 Å². The van der Waals surface area contributed by atoms with Crippen molar-refractivity contribution in [2.75, 3.05) is 11.9 Å². The lowest BCUT2D eigenvalue weighted by Crippen LogP contribution is -2.11. The van der Waals surface area contributed by atoms with Gasteiger partial charge in [-0.05, 0) is 38.5 Å². The maximum atomic E-state index is 6.23. The van der Waals surface area contributed by atoms with E-state index in [1.165, 1.54) is 0 Å². The van der Waals surface area contributed by atoms with Crippen LogP contribution in [0.5, 0.6) is 5.75 Å². The summed E-state index contributed by atoms with van der Waals surface area (Å²) < 4.78 is 5.57. The van der Waals surface area contributed by atoms with E-state index in [1.54, 1.807) is 12.4 Å². The average molecular weight is 306 g/mol. The molecular formula is C16H20ClN3O. The minimum absolute atomic E-state index is 0.0529. The first kappa shape index (κ1) is 15.6. The third-order valence-corrected chi connectivity index (χ3v) is 3.40. The molecule has 0 aliphatic rings. The molecule has 21 heavy (non-hydrogen) atoms. The highest BCUT2D eigenvalue weighted by atomic mass is 35.5. The Balaban J connectivity index is 2.09. The van der Waals surface area contributed by atoms with E-state index >= 15 is 0 Å². The van der Waals surface area contributed by atoms with Crippen LogP contribution in [0.4, 0.5) is 5.69 Å². The standard InChI is InChI=1S/C16H20ClN3O/c1-4-9-21-15-6-5-13(10-14(15)17)20-12(3)16-11(2)18-7-8-19-16/h5-8,10,12,20H,4,9H2,1-3H3. The molecule has 0 bridgehead atoms. The molecule has 0 saturated heterocycles. The minimum atomic E-state index is 0.0529. The minimum Gasteiger partial charge on any atom is -0.492 e. The van der Waals surface area contributed by atoms with Gasteiger partial charge in [0.05, 0.1) is 29.1 Å². The summed E-state index contributed by atoms with van der Waals surface area (Å²) in [5.74, 6) is 0.715. The zero-order valence-electron chi connectivity index (χ0n) is 12.6. The fourth-order valence-corrected chi connectivity index (χ4v) is 2.32. The Morgan fingerprint density at radius 1 is 1.29 bits per heavy atom. The second kappa shape index (κ2) is 7.27. The Hall–Kier alpha value is -1.81. The van der Waals surface area contributed by atoms with Crippen LogP contribution < -0.4 is 10.1 Å². The van der Waals surface area contributed by atoms with Gasteiger partial charge in [0.15, 0.2) is 0 Å². The molecular weight excluding hydrogens is 286 g/mol. The summed E-state index contributed by atoms with van der Waals surface area (Å²) in [6.45, 7) is 6.73. The molecule has 1 aromatic carbocycles. The van der Waals surface area contributed by atoms with Crippen LogP contribution in [0.3, 0.4) is 0 Å². The molecule has 0 fully saturated rings. The van der Waals surface area contributed by atoms with Crippen LogP contribution in [0.25, 0.3) is 0 Å². The van der Waals surface area contributed by atoms with E-state index < -0.39 is 0 Å². The number of hydrogen-bond acceptors (Lipinski definition) is 4. The summed E-state index contributed by atoms with van der Waals surface area (Å²) in [4.78, 5) is 8.63. The van der Waals surface area contributed by atoms with Crippen molar-refractivity contribution in [3.8, 4) is 5.75 Å². The van der Waals surface area contributed by atoms with Crippen LogP contribution in [0.2, 0.25) is 5.02 Å². The highest BCUT2D eigenvalue weighted by Crippen LogP contribution is 2.29. The van der Waals surface area contributed by atoms with Crippen LogP contribution in [0.1, 0.15) is 37.7 Å². The number of hydrogen-bond donors (Lipinski definition) is 1. The molecule has 1 aromatic heterocycles. The number of benzene rings is 1. The summed E-state index contributed by atoms with van der Waals surface area (Å²) in [6.07, 6.45) is 4.36. The SMILES string of the molecule is CCCOc1ccc(NC(C)c2nccnc2C)cc1Cl. The van der Waals surface area contributed by atoms with E-state index in [0.29, 0.717) is 17.4 Å². The van der Waals surface area contributed by atoms with E-state index in [-0.39, 0.29) is 6.04 Å². The molecule has 2 rings (SSSR count). The molecule has 0 amide bonds. The molecule has 0 aliphatic carbocycles. The Morgan fingerprint density at radius 3 is 2.71 bits per heavy atom. The lowest BCUT2D eigenvalue weighted by Gasteiger charge is -2.17. The van der Waals surface area contributed by atoms with E-state index in [2.05, 4.69) is 22.2 Å². The van der Waals surface area contributed by atoms with Gasteiger partial charge in [0.2, 0.25) is 0 Å². The lowest BCUT2D eigenvalue weighted by molar-refractivity contribution is 0.317. The quantitative estimate of drug-likeness (QED) is 0.859. The summed E-state index contributed by atoms with van der Waals surface area (Å²) >= 11 is 6.23. The molecule has 4 nitrogen and oxygen atoms in total. The van der Waals surface area contributed by atoms with E-state index in [9.17, 15) is 0 Å². The number of anilines is 1. The first-order valence-corrected chi connectivity index (χ1v) is 7.46. The largest absolute Gasteiger partial charge is 0.492 e. The molecule has 2 aromatic rings. The highest BCUT2D eigenvalue weighted by Gasteiger charge is 2.11. The van der Waals surface area contributed by atoms with Crippen molar-refractivity contribution in [1.82, 2.24) is 9.97 Å². The molecule has 0 saturated carbocycles. The predicted octanol–water partition coefficient (Wildman–Crippen LogP) is 4.40. The van der Waals surface area contributed by atoms with Gasteiger partial charge < -0.3 is 10.1 Å². The fraction of sp³-hybridized carbons (Fsp3) is 0.375.